The molecule has 1 aromatic rings. The molecule has 2 rings (SSSR count). The van der Waals surface area contributed by atoms with Gasteiger partial charge in [-0.25, -0.2) is 8.42 Å². The second kappa shape index (κ2) is 4.19. The molecule has 96 valence electrons. The number of hydrogen-bond donors (Lipinski definition) is 1. The zero-order valence-electron chi connectivity index (χ0n) is 9.88. The van der Waals surface area contributed by atoms with Gasteiger partial charge in [-0.1, -0.05) is 5.16 Å². The summed E-state index contributed by atoms with van der Waals surface area (Å²) >= 11 is 0. The van der Waals surface area contributed by atoms with Crippen LogP contribution >= 0.6 is 0 Å². The molecule has 2 N–H and O–H groups in total. The summed E-state index contributed by atoms with van der Waals surface area (Å²) in [7, 11) is -1.40. The Morgan fingerprint density at radius 1 is 1.29 bits per heavy atom. The molecular formula is C9H16N4O3S. The van der Waals surface area contributed by atoms with E-state index >= 15 is 0 Å². The number of aromatic nitrogens is 1. The zero-order chi connectivity index (χ0) is 12.6. The van der Waals surface area contributed by atoms with Gasteiger partial charge in [-0.05, 0) is 7.05 Å². The Morgan fingerprint density at radius 3 is 2.41 bits per heavy atom. The summed E-state index contributed by atoms with van der Waals surface area (Å²) in [6.07, 6.45) is 1.11. The van der Waals surface area contributed by atoms with Crippen molar-refractivity contribution in [2.24, 2.45) is 0 Å². The summed E-state index contributed by atoms with van der Waals surface area (Å²) in [5.41, 5.74) is 5.52. The van der Waals surface area contributed by atoms with Crippen LogP contribution in [0.1, 0.15) is 0 Å². The van der Waals surface area contributed by atoms with Gasteiger partial charge in [0.1, 0.15) is 0 Å². The van der Waals surface area contributed by atoms with E-state index < -0.39 is 9.84 Å². The van der Waals surface area contributed by atoms with Gasteiger partial charge in [0.2, 0.25) is 5.88 Å². The molecule has 1 aliphatic heterocycles. The molecule has 0 atom stereocenters. The maximum absolute atomic E-state index is 11.6. The third-order valence-electron chi connectivity index (χ3n) is 2.83. The molecule has 7 nitrogen and oxygen atoms in total. The molecule has 0 bridgehead atoms. The number of nitrogens with two attached hydrogens (primary N) is 1. The van der Waals surface area contributed by atoms with Crippen molar-refractivity contribution < 1.29 is 12.9 Å². The third-order valence-corrected chi connectivity index (χ3v) is 3.96. The summed E-state index contributed by atoms with van der Waals surface area (Å²) in [4.78, 5) is 4.05. The van der Waals surface area contributed by atoms with Crippen molar-refractivity contribution in [2.45, 2.75) is 4.90 Å². The highest BCUT2D eigenvalue weighted by Gasteiger charge is 2.28. The molecule has 1 aromatic heterocycles. The Bertz CT molecular complexity index is 502. The van der Waals surface area contributed by atoms with E-state index in [9.17, 15) is 8.42 Å². The third kappa shape index (κ3) is 2.37. The minimum Gasteiger partial charge on any atom is -0.366 e. The molecule has 0 spiro atoms. The first-order chi connectivity index (χ1) is 7.89. The van der Waals surface area contributed by atoms with Crippen LogP contribution in [0.3, 0.4) is 0 Å². The predicted molar refractivity (Wildman–Crippen MR) is 63.7 cm³/mol. The van der Waals surface area contributed by atoms with Gasteiger partial charge in [0, 0.05) is 32.4 Å². The fraction of sp³-hybridized carbons (Fsp3) is 0.667. The molecule has 0 unspecified atom stereocenters. The molecule has 1 saturated heterocycles. The van der Waals surface area contributed by atoms with Crippen LogP contribution in [0.4, 0.5) is 11.7 Å². The fourth-order valence-electron chi connectivity index (χ4n) is 1.85. The number of anilines is 2. The van der Waals surface area contributed by atoms with Gasteiger partial charge in [-0.15, -0.1) is 0 Å². The number of hydrogen-bond acceptors (Lipinski definition) is 7. The standard InChI is InChI=1S/C9H16N4O3S/c1-12-3-5-13(6-4-12)9-7(17(2,14)15)8(10)16-11-9/h3-6,10H2,1-2H3. The number of nitrogen functional groups attached to an aromatic ring is 1. The van der Waals surface area contributed by atoms with Crippen LogP contribution in [-0.4, -0.2) is 58.0 Å². The first-order valence-corrected chi connectivity index (χ1v) is 7.17. The lowest BCUT2D eigenvalue weighted by molar-refractivity contribution is 0.309. The fourth-order valence-corrected chi connectivity index (χ4v) is 2.75. The summed E-state index contributed by atoms with van der Waals surface area (Å²) < 4.78 is 28.0. The molecule has 0 amide bonds. The first kappa shape index (κ1) is 12.2. The number of sulfone groups is 1. The van der Waals surface area contributed by atoms with Gasteiger partial charge in [0.05, 0.1) is 0 Å². The zero-order valence-corrected chi connectivity index (χ0v) is 10.7. The maximum Gasteiger partial charge on any atom is 0.243 e. The smallest absolute Gasteiger partial charge is 0.243 e. The monoisotopic (exact) mass is 260 g/mol. The van der Waals surface area contributed by atoms with E-state index in [0.717, 1.165) is 19.3 Å². The van der Waals surface area contributed by atoms with E-state index in [2.05, 4.69) is 10.1 Å². The van der Waals surface area contributed by atoms with Crippen LogP contribution in [0.2, 0.25) is 0 Å². The van der Waals surface area contributed by atoms with Gasteiger partial charge < -0.3 is 20.1 Å². The lowest BCUT2D eigenvalue weighted by Crippen LogP contribution is -2.45. The molecule has 0 aliphatic carbocycles. The van der Waals surface area contributed by atoms with Crippen LogP contribution in [-0.2, 0) is 9.84 Å². The van der Waals surface area contributed by atoms with E-state index in [-0.39, 0.29) is 10.8 Å². The first-order valence-electron chi connectivity index (χ1n) is 5.28. The lowest BCUT2D eigenvalue weighted by atomic mass is 10.3. The van der Waals surface area contributed by atoms with Crippen LogP contribution in [0, 0.1) is 0 Å². The van der Waals surface area contributed by atoms with Crippen molar-refractivity contribution in [3.63, 3.8) is 0 Å². The molecular weight excluding hydrogens is 244 g/mol. The Kier molecular flexibility index (Phi) is 3.00. The minimum absolute atomic E-state index is 0.00190. The Balaban J connectivity index is 2.34. The van der Waals surface area contributed by atoms with E-state index in [1.165, 1.54) is 0 Å². The summed E-state index contributed by atoms with van der Waals surface area (Å²) in [5.74, 6) is 0.194. The lowest BCUT2D eigenvalue weighted by Gasteiger charge is -2.32. The van der Waals surface area contributed by atoms with Crippen molar-refractivity contribution in [1.82, 2.24) is 10.1 Å². The molecule has 1 aliphatic rings. The van der Waals surface area contributed by atoms with Crippen LogP contribution < -0.4 is 10.6 Å². The number of piperazine rings is 1. The van der Waals surface area contributed by atoms with Crippen molar-refractivity contribution in [3.05, 3.63) is 0 Å². The van der Waals surface area contributed by atoms with Crippen molar-refractivity contribution in [1.29, 1.82) is 0 Å². The molecule has 2 heterocycles. The number of rotatable bonds is 2. The molecule has 17 heavy (non-hydrogen) atoms. The van der Waals surface area contributed by atoms with Crippen molar-refractivity contribution in [2.75, 3.05) is 50.1 Å². The highest BCUT2D eigenvalue weighted by atomic mass is 32.2. The molecule has 8 heteroatoms. The molecule has 1 fully saturated rings. The van der Waals surface area contributed by atoms with Crippen molar-refractivity contribution in [3.8, 4) is 0 Å². The van der Waals surface area contributed by atoms with Crippen LogP contribution in [0.15, 0.2) is 9.42 Å². The molecule has 0 radical (unpaired) electrons. The largest absolute Gasteiger partial charge is 0.366 e. The number of likely N-dealkylation sites (N-methyl/N-ethyl adjacent to an activating group) is 1. The topological polar surface area (TPSA) is 92.7 Å². The number of nitrogens with zero attached hydrogens (tertiary/aromatic N) is 3. The van der Waals surface area contributed by atoms with Crippen molar-refractivity contribution >= 4 is 21.5 Å². The normalized spacial score (nSPS) is 18.6. The Labute approximate surface area is 100 Å². The second-order valence-electron chi connectivity index (χ2n) is 4.26. The van der Waals surface area contributed by atoms with Gasteiger partial charge >= 0.3 is 0 Å². The summed E-state index contributed by atoms with van der Waals surface area (Å²) in [6, 6.07) is 0. The van der Waals surface area contributed by atoms with E-state index in [1.807, 2.05) is 11.9 Å². The molecule has 0 saturated carbocycles. The summed E-state index contributed by atoms with van der Waals surface area (Å²) in [6.45, 7) is 3.14. The SMILES string of the molecule is CN1CCN(c2noc(N)c2S(C)(=O)=O)CC1. The van der Waals surface area contributed by atoms with E-state index in [0.29, 0.717) is 18.9 Å². The van der Waals surface area contributed by atoms with Gasteiger partial charge in [0.25, 0.3) is 0 Å². The van der Waals surface area contributed by atoms with Crippen LogP contribution in [0.5, 0.6) is 0 Å². The summed E-state index contributed by atoms with van der Waals surface area (Å²) in [5, 5.41) is 3.76. The maximum atomic E-state index is 11.6. The minimum atomic E-state index is -3.42. The van der Waals surface area contributed by atoms with E-state index in [1.54, 1.807) is 0 Å². The van der Waals surface area contributed by atoms with Gasteiger partial charge in [-0.3, -0.25) is 0 Å². The average molecular weight is 260 g/mol. The Morgan fingerprint density at radius 2 is 1.88 bits per heavy atom. The second-order valence-corrected chi connectivity index (χ2v) is 6.21. The molecule has 0 aromatic carbocycles. The predicted octanol–water partition coefficient (Wildman–Crippen LogP) is -0.588. The average Bonchev–Trinajstić information content (AvgIpc) is 2.61. The highest BCUT2D eigenvalue weighted by molar-refractivity contribution is 7.91. The van der Waals surface area contributed by atoms with Gasteiger partial charge in [-0.2, -0.15) is 0 Å². The van der Waals surface area contributed by atoms with Crippen LogP contribution in [0.25, 0.3) is 0 Å². The van der Waals surface area contributed by atoms with Gasteiger partial charge in [0.15, 0.2) is 20.6 Å². The highest BCUT2D eigenvalue weighted by Crippen LogP contribution is 2.30. The quantitative estimate of drug-likeness (QED) is 0.759. The Hall–Kier alpha value is -1.28. The van der Waals surface area contributed by atoms with E-state index in [4.69, 9.17) is 10.3 Å².